The highest BCUT2D eigenvalue weighted by Gasteiger charge is 2.43. The first-order valence-corrected chi connectivity index (χ1v) is 17.2. The van der Waals surface area contributed by atoms with E-state index in [1.54, 1.807) is 81.3 Å². The molecule has 1 aromatic rings. The lowest BCUT2D eigenvalue weighted by Gasteiger charge is -2.40. The first-order chi connectivity index (χ1) is 24.2. The van der Waals surface area contributed by atoms with Crippen LogP contribution in [0.5, 0.6) is 0 Å². The summed E-state index contributed by atoms with van der Waals surface area (Å²) in [4.78, 5) is 91.6. The zero-order valence-electron chi connectivity index (χ0n) is 32.9. The van der Waals surface area contributed by atoms with Crippen LogP contribution in [-0.4, -0.2) is 124 Å². The predicted octanol–water partition coefficient (Wildman–Crippen LogP) is 2.34. The number of esters is 2. The molecule has 0 aromatic carbocycles. The summed E-state index contributed by atoms with van der Waals surface area (Å²) < 4.78 is 21.6. The van der Waals surface area contributed by atoms with Crippen LogP contribution in [0.1, 0.15) is 89.0 Å². The minimum Gasteiger partial charge on any atom is -0.460 e. The Hall–Kier alpha value is -4.94. The Labute approximate surface area is 309 Å². The molecule has 1 aliphatic heterocycles. The average molecular weight is 753 g/mol. The van der Waals surface area contributed by atoms with Crippen molar-refractivity contribution in [3.8, 4) is 0 Å². The Bertz CT molecular complexity index is 1570. The van der Waals surface area contributed by atoms with Crippen LogP contribution < -0.4 is 26.4 Å². The Kier molecular flexibility index (Phi) is 14.8. The van der Waals surface area contributed by atoms with Gasteiger partial charge in [0.15, 0.2) is 5.69 Å². The molecule has 5 unspecified atom stereocenters. The summed E-state index contributed by atoms with van der Waals surface area (Å²) >= 11 is 0. The van der Waals surface area contributed by atoms with Crippen LogP contribution in [0.25, 0.3) is 0 Å². The van der Waals surface area contributed by atoms with Gasteiger partial charge in [0.25, 0.3) is 0 Å². The van der Waals surface area contributed by atoms with Gasteiger partial charge >= 0.3 is 29.7 Å². The largest absolute Gasteiger partial charge is 0.460 e. The maximum Gasteiger partial charge on any atom is 0.415 e. The van der Waals surface area contributed by atoms with Gasteiger partial charge in [-0.1, -0.05) is 0 Å². The van der Waals surface area contributed by atoms with Crippen LogP contribution in [0.2, 0.25) is 0 Å². The molecule has 0 radical (unpaired) electrons. The number of anilines is 2. The average Bonchev–Trinajstić information content (AvgIpc) is 2.98. The number of hydrogen-bond acceptors (Lipinski definition) is 14. The number of H-pyrrole nitrogens is 1. The van der Waals surface area contributed by atoms with E-state index < -0.39 is 89.1 Å². The molecule has 3 amide bonds. The lowest BCUT2D eigenvalue weighted by molar-refractivity contribution is -0.158. The highest BCUT2D eigenvalue weighted by molar-refractivity contribution is 5.93. The number of rotatable bonds is 12. The molecule has 0 bridgehead atoms. The van der Waals surface area contributed by atoms with E-state index in [1.165, 1.54) is 20.2 Å². The second-order valence-electron chi connectivity index (χ2n) is 15.8. The van der Waals surface area contributed by atoms with Crippen molar-refractivity contribution < 1.29 is 48.0 Å². The number of ether oxygens (including phenoxy) is 4. The molecule has 19 nitrogen and oxygen atoms in total. The third-order valence-corrected chi connectivity index (χ3v) is 6.90. The molecule has 19 heteroatoms. The van der Waals surface area contributed by atoms with Crippen LogP contribution in [0.15, 0.2) is 9.79 Å². The molecule has 1 aromatic heterocycles. The van der Waals surface area contributed by atoms with Crippen LogP contribution in [0.4, 0.5) is 27.0 Å². The molecule has 298 valence electrons. The van der Waals surface area contributed by atoms with E-state index in [0.29, 0.717) is 0 Å². The van der Waals surface area contributed by atoms with Gasteiger partial charge in [-0.25, -0.2) is 19.4 Å². The van der Waals surface area contributed by atoms with Gasteiger partial charge in [-0.15, -0.1) is 0 Å². The topological polar surface area (TPSA) is 243 Å². The van der Waals surface area contributed by atoms with Gasteiger partial charge in [0.1, 0.15) is 46.9 Å². The second-order valence-corrected chi connectivity index (χ2v) is 15.8. The maximum atomic E-state index is 13.5. The fourth-order valence-corrected chi connectivity index (χ4v) is 4.71. The lowest BCUT2D eigenvalue weighted by atomic mass is 10.0. The smallest absolute Gasteiger partial charge is 0.415 e. The molecule has 2 rings (SSSR count). The van der Waals surface area contributed by atoms with E-state index in [-0.39, 0.29) is 30.4 Å². The highest BCUT2D eigenvalue weighted by Crippen LogP contribution is 2.31. The minimum atomic E-state index is -1.56. The number of aromatic amines is 1. The van der Waals surface area contributed by atoms with E-state index in [4.69, 9.17) is 18.9 Å². The SMILES string of the molecule is CC(NC(=O)C(CCC(=O)OC(C)C(O)C1CNc2[nH]c(N=CN(C)C)nc(=O)c2N1C(=O)OC(C)(C)C)NC(=O)OC(C)(C)C)C(=O)OC(C)(C)C. The molecule has 0 saturated carbocycles. The van der Waals surface area contributed by atoms with Crippen molar-refractivity contribution in [3.63, 3.8) is 0 Å². The standard InChI is InChI=1S/C34H56N8O11/c1-18(28(47)51-32(3,4)5)37-26(45)20(38-30(48)52-33(6,7)8)14-15-22(43)50-19(2)24(44)21-16-35-25-23(42(21)31(49)53-34(9,10)11)27(46)40-29(39-25)36-17-41(12)13/h17-21,24,44H,14-16H2,1-13H3,(H,37,45)(H,38,48)(H2,35,39,40,46). The van der Waals surface area contributed by atoms with Gasteiger partial charge in [-0.3, -0.25) is 19.3 Å². The Morgan fingerprint density at radius 2 is 1.57 bits per heavy atom. The third kappa shape index (κ3) is 14.5. The molecule has 0 spiro atoms. The van der Waals surface area contributed by atoms with Crippen molar-refractivity contribution in [2.45, 2.75) is 136 Å². The van der Waals surface area contributed by atoms with Gasteiger partial charge in [-0.2, -0.15) is 4.98 Å². The normalized spacial score (nSPS) is 16.9. The summed E-state index contributed by atoms with van der Waals surface area (Å²) in [5, 5.41) is 19.3. The second kappa shape index (κ2) is 17.7. The number of aliphatic imine (C=N–C) groups is 1. The van der Waals surface area contributed by atoms with Crippen LogP contribution in [0.3, 0.4) is 0 Å². The quantitative estimate of drug-likeness (QED) is 0.0891. The van der Waals surface area contributed by atoms with Crippen molar-refractivity contribution >= 4 is 53.8 Å². The summed E-state index contributed by atoms with van der Waals surface area (Å²) in [7, 11) is 3.46. The lowest BCUT2D eigenvalue weighted by Crippen LogP contribution is -2.59. The molecule has 1 aliphatic rings. The number of fused-ring (bicyclic) bond motifs is 1. The summed E-state index contributed by atoms with van der Waals surface area (Å²) in [5.41, 5.74) is -3.77. The number of aliphatic hydroxyl groups excluding tert-OH is 1. The molecular formula is C34H56N8O11. The number of carbonyl (C=O) groups excluding carboxylic acids is 5. The molecule has 5 N–H and O–H groups in total. The number of alkyl carbamates (subject to hydrolysis) is 1. The molecule has 0 saturated heterocycles. The first-order valence-electron chi connectivity index (χ1n) is 17.2. The molecule has 2 heterocycles. The monoisotopic (exact) mass is 752 g/mol. The summed E-state index contributed by atoms with van der Waals surface area (Å²) in [6.07, 6.45) is -3.99. The fourth-order valence-electron chi connectivity index (χ4n) is 4.71. The number of aliphatic hydroxyl groups is 1. The molecule has 5 atom stereocenters. The van der Waals surface area contributed by atoms with Crippen LogP contribution >= 0.6 is 0 Å². The van der Waals surface area contributed by atoms with E-state index in [1.807, 2.05) is 0 Å². The van der Waals surface area contributed by atoms with Crippen LogP contribution in [-0.2, 0) is 33.3 Å². The van der Waals surface area contributed by atoms with Crippen molar-refractivity contribution in [1.82, 2.24) is 25.5 Å². The van der Waals surface area contributed by atoms with Crippen molar-refractivity contribution in [1.29, 1.82) is 0 Å². The predicted molar refractivity (Wildman–Crippen MR) is 195 cm³/mol. The zero-order valence-corrected chi connectivity index (χ0v) is 32.9. The van der Waals surface area contributed by atoms with Gasteiger partial charge in [0.2, 0.25) is 11.9 Å². The minimum absolute atomic E-state index is 0.0344. The summed E-state index contributed by atoms with van der Waals surface area (Å²) in [5.74, 6) is -2.29. The van der Waals surface area contributed by atoms with Gasteiger partial charge < -0.3 is 49.9 Å². The number of nitrogens with zero attached hydrogens (tertiary/aromatic N) is 4. The maximum absolute atomic E-state index is 13.5. The number of hydrogen-bond donors (Lipinski definition) is 5. The Morgan fingerprint density at radius 1 is 0.981 bits per heavy atom. The van der Waals surface area contributed by atoms with E-state index in [0.717, 1.165) is 4.90 Å². The zero-order chi connectivity index (χ0) is 40.6. The molecule has 53 heavy (non-hydrogen) atoms. The van der Waals surface area contributed by atoms with E-state index in [2.05, 4.69) is 30.9 Å². The number of amides is 3. The van der Waals surface area contributed by atoms with Crippen molar-refractivity contribution in [2.24, 2.45) is 4.99 Å². The summed E-state index contributed by atoms with van der Waals surface area (Å²) in [6.45, 7) is 17.5. The van der Waals surface area contributed by atoms with Crippen molar-refractivity contribution in [2.75, 3.05) is 30.9 Å². The molecule has 0 aliphatic carbocycles. The van der Waals surface area contributed by atoms with Gasteiger partial charge in [0.05, 0.1) is 12.4 Å². The van der Waals surface area contributed by atoms with Crippen molar-refractivity contribution in [3.05, 3.63) is 10.4 Å². The third-order valence-electron chi connectivity index (χ3n) is 6.90. The molecular weight excluding hydrogens is 696 g/mol. The van der Waals surface area contributed by atoms with E-state index >= 15 is 0 Å². The Morgan fingerprint density at radius 3 is 2.11 bits per heavy atom. The number of aromatic nitrogens is 2. The van der Waals surface area contributed by atoms with Crippen LogP contribution in [0, 0.1) is 0 Å². The van der Waals surface area contributed by atoms with Gasteiger partial charge in [0, 0.05) is 27.1 Å². The summed E-state index contributed by atoms with van der Waals surface area (Å²) in [6, 6.07) is -3.61. The molecule has 0 fully saturated rings. The first kappa shape index (κ1) is 44.2. The number of carbonyl (C=O) groups is 5. The Balaban J connectivity index is 2.27. The highest BCUT2D eigenvalue weighted by atomic mass is 16.6. The fraction of sp³-hybridized carbons (Fsp3) is 0.706. The van der Waals surface area contributed by atoms with E-state index in [9.17, 15) is 33.9 Å². The van der Waals surface area contributed by atoms with Gasteiger partial charge in [-0.05, 0) is 82.6 Å². The number of nitrogens with one attached hydrogen (secondary N) is 4.